The second kappa shape index (κ2) is 9.75. The Labute approximate surface area is 188 Å². The van der Waals surface area contributed by atoms with Crippen LogP contribution in [0.15, 0.2) is 34.7 Å². The first-order valence-electron chi connectivity index (χ1n) is 11.1. The maximum absolute atomic E-state index is 13.0. The van der Waals surface area contributed by atoms with E-state index in [0.717, 1.165) is 30.2 Å². The van der Waals surface area contributed by atoms with E-state index < -0.39 is 5.92 Å². The number of nitrogens with one attached hydrogen (secondary N) is 1. The number of hydrogen-bond acceptors (Lipinski definition) is 6. The van der Waals surface area contributed by atoms with Gasteiger partial charge in [-0.15, -0.1) is 0 Å². The number of amides is 2. The van der Waals surface area contributed by atoms with E-state index in [1.54, 1.807) is 12.0 Å². The number of morpholine rings is 1. The molecule has 2 aliphatic rings. The zero-order valence-electron chi connectivity index (χ0n) is 18.9. The Morgan fingerprint density at radius 1 is 1.22 bits per heavy atom. The van der Waals surface area contributed by atoms with E-state index in [2.05, 4.69) is 10.2 Å². The number of furan rings is 1. The Hall–Kier alpha value is -2.84. The van der Waals surface area contributed by atoms with Gasteiger partial charge in [-0.1, -0.05) is 6.07 Å². The summed E-state index contributed by atoms with van der Waals surface area (Å²) in [6.07, 6.45) is 0.186. The number of methoxy groups -OCH3 is 1. The van der Waals surface area contributed by atoms with E-state index in [9.17, 15) is 9.59 Å². The van der Waals surface area contributed by atoms with E-state index in [1.165, 1.54) is 0 Å². The number of anilines is 1. The average molecular weight is 442 g/mol. The van der Waals surface area contributed by atoms with Gasteiger partial charge >= 0.3 is 0 Å². The zero-order valence-corrected chi connectivity index (χ0v) is 18.9. The van der Waals surface area contributed by atoms with Crippen molar-refractivity contribution < 1.29 is 23.5 Å². The molecule has 0 bridgehead atoms. The maximum Gasteiger partial charge on any atom is 0.227 e. The van der Waals surface area contributed by atoms with Crippen LogP contribution in [0.3, 0.4) is 0 Å². The third-order valence-electron chi connectivity index (χ3n) is 6.17. The largest absolute Gasteiger partial charge is 0.495 e. The highest BCUT2D eigenvalue weighted by molar-refractivity contribution is 6.01. The quantitative estimate of drug-likeness (QED) is 0.711. The standard InChI is InChI=1S/C24H31N3O5/c1-16-4-6-21(30-3)19(12-16)27-15-18(13-23(27)28)24(29)25-14-20(22-7-5-17(2)32-22)26-8-10-31-11-9-26/h4-7,12,18,20H,8-11,13-15H2,1-3H3,(H,25,29). The molecule has 2 aliphatic heterocycles. The van der Waals surface area contributed by atoms with Crippen LogP contribution in [-0.2, 0) is 14.3 Å². The van der Waals surface area contributed by atoms with Crippen LogP contribution in [0.25, 0.3) is 0 Å². The van der Waals surface area contributed by atoms with E-state index in [-0.39, 0.29) is 24.3 Å². The number of benzene rings is 1. The van der Waals surface area contributed by atoms with Crippen molar-refractivity contribution >= 4 is 17.5 Å². The smallest absolute Gasteiger partial charge is 0.227 e. The number of aryl methyl sites for hydroxylation is 2. The Balaban J connectivity index is 1.43. The lowest BCUT2D eigenvalue weighted by Gasteiger charge is -2.33. The number of rotatable bonds is 7. The summed E-state index contributed by atoms with van der Waals surface area (Å²) in [4.78, 5) is 29.7. The van der Waals surface area contributed by atoms with Crippen molar-refractivity contribution in [2.24, 2.45) is 5.92 Å². The van der Waals surface area contributed by atoms with Crippen molar-refractivity contribution in [3.05, 3.63) is 47.4 Å². The molecule has 0 spiro atoms. The average Bonchev–Trinajstić information content (AvgIpc) is 3.40. The third-order valence-corrected chi connectivity index (χ3v) is 6.17. The normalized spacial score (nSPS) is 20.4. The molecule has 2 saturated heterocycles. The van der Waals surface area contributed by atoms with Gasteiger partial charge in [0.15, 0.2) is 0 Å². The Morgan fingerprint density at radius 2 is 2.00 bits per heavy atom. The van der Waals surface area contributed by atoms with Gasteiger partial charge in [-0.2, -0.15) is 0 Å². The van der Waals surface area contributed by atoms with Crippen LogP contribution >= 0.6 is 0 Å². The van der Waals surface area contributed by atoms with Gasteiger partial charge in [-0.25, -0.2) is 0 Å². The van der Waals surface area contributed by atoms with Crippen LogP contribution in [0, 0.1) is 19.8 Å². The van der Waals surface area contributed by atoms with Gasteiger partial charge in [0, 0.05) is 32.6 Å². The van der Waals surface area contributed by atoms with E-state index in [1.807, 2.05) is 44.2 Å². The molecule has 2 fully saturated rings. The molecule has 2 amide bonds. The molecule has 0 radical (unpaired) electrons. The lowest BCUT2D eigenvalue weighted by Crippen LogP contribution is -2.44. The summed E-state index contributed by atoms with van der Waals surface area (Å²) in [7, 11) is 1.58. The second-order valence-corrected chi connectivity index (χ2v) is 8.44. The fourth-order valence-corrected chi connectivity index (χ4v) is 4.40. The number of nitrogens with zero attached hydrogens (tertiary/aromatic N) is 2. The van der Waals surface area contributed by atoms with Gasteiger partial charge in [0.25, 0.3) is 0 Å². The van der Waals surface area contributed by atoms with Gasteiger partial charge in [0.05, 0.1) is 38.0 Å². The van der Waals surface area contributed by atoms with Crippen LogP contribution in [0.5, 0.6) is 5.75 Å². The molecule has 8 heteroatoms. The van der Waals surface area contributed by atoms with E-state index in [4.69, 9.17) is 13.9 Å². The first-order chi connectivity index (χ1) is 15.5. The molecule has 0 aliphatic carbocycles. The summed E-state index contributed by atoms with van der Waals surface area (Å²) in [6.45, 7) is 7.53. The van der Waals surface area contributed by atoms with Crippen molar-refractivity contribution in [3.8, 4) is 5.75 Å². The first kappa shape index (κ1) is 22.4. The van der Waals surface area contributed by atoms with Crippen LogP contribution in [0.2, 0.25) is 0 Å². The molecule has 4 rings (SSSR count). The Bertz CT molecular complexity index is 966. The highest BCUT2D eigenvalue weighted by atomic mass is 16.5. The van der Waals surface area contributed by atoms with Crippen molar-refractivity contribution in [3.63, 3.8) is 0 Å². The third kappa shape index (κ3) is 4.81. The summed E-state index contributed by atoms with van der Waals surface area (Å²) >= 11 is 0. The van der Waals surface area contributed by atoms with Gasteiger partial charge in [-0.3, -0.25) is 14.5 Å². The molecular formula is C24H31N3O5. The fraction of sp³-hybridized carbons (Fsp3) is 0.500. The molecule has 32 heavy (non-hydrogen) atoms. The maximum atomic E-state index is 13.0. The zero-order chi connectivity index (χ0) is 22.7. The molecule has 1 N–H and O–H groups in total. The minimum Gasteiger partial charge on any atom is -0.495 e. The van der Waals surface area contributed by atoms with Crippen LogP contribution in [-0.4, -0.2) is 63.2 Å². The molecule has 2 unspecified atom stereocenters. The lowest BCUT2D eigenvalue weighted by atomic mass is 10.1. The number of carbonyl (C=O) groups is 2. The molecule has 172 valence electrons. The molecule has 1 aromatic carbocycles. The minimum absolute atomic E-state index is 0.0679. The van der Waals surface area contributed by atoms with E-state index in [0.29, 0.717) is 37.7 Å². The van der Waals surface area contributed by atoms with Gasteiger partial charge in [0.1, 0.15) is 17.3 Å². The lowest BCUT2D eigenvalue weighted by molar-refractivity contribution is -0.126. The number of carbonyl (C=O) groups excluding carboxylic acids is 2. The molecule has 3 heterocycles. The summed E-state index contributed by atoms with van der Waals surface area (Å²) in [6, 6.07) is 9.55. The molecule has 1 aromatic heterocycles. The number of hydrogen-bond donors (Lipinski definition) is 1. The van der Waals surface area contributed by atoms with E-state index >= 15 is 0 Å². The molecule has 2 aromatic rings. The SMILES string of the molecule is COc1ccc(C)cc1N1CC(C(=O)NCC(c2ccc(C)o2)N2CCOCC2)CC1=O. The second-order valence-electron chi connectivity index (χ2n) is 8.44. The van der Waals surface area contributed by atoms with Crippen LogP contribution in [0.1, 0.15) is 29.5 Å². The number of ether oxygens (including phenoxy) is 2. The predicted octanol–water partition coefficient (Wildman–Crippen LogP) is 2.45. The monoisotopic (exact) mass is 441 g/mol. The summed E-state index contributed by atoms with van der Waals surface area (Å²) in [5.41, 5.74) is 1.74. The Kier molecular flexibility index (Phi) is 6.81. The Morgan fingerprint density at radius 3 is 2.69 bits per heavy atom. The van der Waals surface area contributed by atoms with Gasteiger partial charge < -0.3 is 24.1 Å². The van der Waals surface area contributed by atoms with Gasteiger partial charge in [-0.05, 0) is 43.7 Å². The molecule has 2 atom stereocenters. The first-order valence-corrected chi connectivity index (χ1v) is 11.1. The summed E-state index contributed by atoms with van der Waals surface area (Å²) < 4.78 is 16.8. The summed E-state index contributed by atoms with van der Waals surface area (Å²) in [5, 5.41) is 3.07. The predicted molar refractivity (Wildman–Crippen MR) is 120 cm³/mol. The van der Waals surface area contributed by atoms with Crippen molar-refractivity contribution in [2.75, 3.05) is 51.4 Å². The summed E-state index contributed by atoms with van der Waals surface area (Å²) in [5.74, 6) is 1.71. The molecular weight excluding hydrogens is 410 g/mol. The van der Waals surface area contributed by atoms with Gasteiger partial charge in [0.2, 0.25) is 11.8 Å². The highest BCUT2D eigenvalue weighted by Crippen LogP contribution is 2.34. The minimum atomic E-state index is -0.406. The molecule has 0 saturated carbocycles. The van der Waals surface area contributed by atoms with Crippen molar-refractivity contribution in [1.29, 1.82) is 0 Å². The molecule has 8 nitrogen and oxygen atoms in total. The fourth-order valence-electron chi connectivity index (χ4n) is 4.40. The van der Waals surface area contributed by atoms with Crippen LogP contribution < -0.4 is 15.0 Å². The highest BCUT2D eigenvalue weighted by Gasteiger charge is 2.37. The van der Waals surface area contributed by atoms with Crippen LogP contribution in [0.4, 0.5) is 5.69 Å². The van der Waals surface area contributed by atoms with Crippen molar-refractivity contribution in [1.82, 2.24) is 10.2 Å². The topological polar surface area (TPSA) is 84.2 Å². The van der Waals surface area contributed by atoms with Crippen molar-refractivity contribution in [2.45, 2.75) is 26.3 Å².